The van der Waals surface area contributed by atoms with Crippen molar-refractivity contribution in [1.82, 2.24) is 9.55 Å². The SMILES string of the molecule is CCc1cc2c(=O)n(C(C)C(=O)O)c(-c3cccc(C)c3)nc2s1. The Morgan fingerprint density at radius 3 is 2.75 bits per heavy atom. The molecule has 5 nitrogen and oxygen atoms in total. The number of aliphatic carboxylic acids is 1. The van der Waals surface area contributed by atoms with Crippen molar-refractivity contribution < 1.29 is 9.90 Å². The van der Waals surface area contributed by atoms with Crippen LogP contribution in [0.5, 0.6) is 0 Å². The molecule has 0 aliphatic carbocycles. The van der Waals surface area contributed by atoms with Crippen LogP contribution < -0.4 is 5.56 Å². The second kappa shape index (κ2) is 6.20. The van der Waals surface area contributed by atoms with E-state index in [-0.39, 0.29) is 5.56 Å². The largest absolute Gasteiger partial charge is 0.480 e. The van der Waals surface area contributed by atoms with Gasteiger partial charge in [-0.1, -0.05) is 30.7 Å². The highest BCUT2D eigenvalue weighted by molar-refractivity contribution is 7.18. The van der Waals surface area contributed by atoms with Crippen LogP contribution in [0, 0.1) is 6.92 Å². The van der Waals surface area contributed by atoms with E-state index in [1.165, 1.54) is 22.8 Å². The summed E-state index contributed by atoms with van der Waals surface area (Å²) >= 11 is 1.48. The molecule has 0 saturated carbocycles. The molecule has 124 valence electrons. The van der Waals surface area contributed by atoms with Gasteiger partial charge in [-0.25, -0.2) is 9.78 Å². The summed E-state index contributed by atoms with van der Waals surface area (Å²) in [5.41, 5.74) is 1.47. The molecule has 1 N–H and O–H groups in total. The fourth-order valence-electron chi connectivity index (χ4n) is 2.68. The van der Waals surface area contributed by atoms with Gasteiger partial charge < -0.3 is 5.11 Å². The fraction of sp³-hybridized carbons (Fsp3) is 0.278. The Bertz CT molecular complexity index is 988. The first kappa shape index (κ1) is 16.4. The van der Waals surface area contributed by atoms with Gasteiger partial charge in [0.2, 0.25) is 0 Å². The van der Waals surface area contributed by atoms with Gasteiger partial charge in [0.05, 0.1) is 5.39 Å². The van der Waals surface area contributed by atoms with E-state index in [0.717, 1.165) is 22.4 Å². The second-order valence-corrected chi connectivity index (χ2v) is 6.89. The lowest BCUT2D eigenvalue weighted by molar-refractivity contribution is -0.140. The molecule has 2 heterocycles. The molecule has 0 radical (unpaired) electrons. The summed E-state index contributed by atoms with van der Waals surface area (Å²) in [6.07, 6.45) is 0.814. The fourth-order valence-corrected chi connectivity index (χ4v) is 3.63. The van der Waals surface area contributed by atoms with Crippen LogP contribution in [-0.2, 0) is 11.2 Å². The van der Waals surface area contributed by atoms with E-state index < -0.39 is 12.0 Å². The number of fused-ring (bicyclic) bond motifs is 1. The minimum absolute atomic E-state index is 0.303. The normalized spacial score (nSPS) is 12.5. The molecule has 1 atom stereocenters. The Kier molecular flexibility index (Phi) is 4.24. The van der Waals surface area contributed by atoms with Crippen molar-refractivity contribution in [2.24, 2.45) is 0 Å². The highest BCUT2D eigenvalue weighted by atomic mass is 32.1. The third-order valence-corrected chi connectivity index (χ3v) is 5.19. The molecule has 0 fully saturated rings. The molecule has 0 saturated heterocycles. The quantitative estimate of drug-likeness (QED) is 0.786. The van der Waals surface area contributed by atoms with Gasteiger partial charge in [0.25, 0.3) is 5.56 Å². The number of aryl methyl sites for hydroxylation is 2. The zero-order valence-electron chi connectivity index (χ0n) is 13.7. The zero-order chi connectivity index (χ0) is 17.4. The molecule has 0 aliphatic rings. The van der Waals surface area contributed by atoms with Crippen LogP contribution in [0.1, 0.15) is 30.3 Å². The van der Waals surface area contributed by atoms with E-state index in [1.807, 2.05) is 44.2 Å². The topological polar surface area (TPSA) is 72.2 Å². The summed E-state index contributed by atoms with van der Waals surface area (Å²) in [6, 6.07) is 8.41. The first-order valence-electron chi connectivity index (χ1n) is 7.77. The molecule has 0 bridgehead atoms. The third-order valence-electron chi connectivity index (χ3n) is 4.02. The Morgan fingerprint density at radius 1 is 1.38 bits per heavy atom. The predicted octanol–water partition coefficient (Wildman–Crippen LogP) is 3.64. The summed E-state index contributed by atoms with van der Waals surface area (Å²) < 4.78 is 1.28. The van der Waals surface area contributed by atoms with Gasteiger partial charge in [-0.3, -0.25) is 9.36 Å². The number of nitrogens with zero attached hydrogens (tertiary/aromatic N) is 2. The number of thiophene rings is 1. The van der Waals surface area contributed by atoms with E-state index in [0.29, 0.717) is 16.0 Å². The Hall–Kier alpha value is -2.47. The van der Waals surface area contributed by atoms with Crippen molar-refractivity contribution in [2.75, 3.05) is 0 Å². The van der Waals surface area contributed by atoms with Crippen molar-refractivity contribution in [3.63, 3.8) is 0 Å². The molecule has 0 amide bonds. The van der Waals surface area contributed by atoms with E-state index in [2.05, 4.69) is 4.98 Å². The molecule has 1 aromatic carbocycles. The molecular formula is C18H18N2O3S. The molecule has 24 heavy (non-hydrogen) atoms. The lowest BCUT2D eigenvalue weighted by atomic mass is 10.1. The third kappa shape index (κ3) is 2.73. The average Bonchev–Trinajstić information content (AvgIpc) is 2.97. The van der Waals surface area contributed by atoms with E-state index in [1.54, 1.807) is 0 Å². The van der Waals surface area contributed by atoms with Crippen molar-refractivity contribution in [3.8, 4) is 11.4 Å². The minimum atomic E-state index is -1.06. The van der Waals surface area contributed by atoms with Crippen molar-refractivity contribution in [3.05, 3.63) is 51.1 Å². The first-order chi connectivity index (χ1) is 11.4. The molecule has 3 rings (SSSR count). The van der Waals surface area contributed by atoms with Crippen molar-refractivity contribution in [2.45, 2.75) is 33.2 Å². The number of carbonyl (C=O) groups is 1. The Labute approximate surface area is 143 Å². The maximum atomic E-state index is 12.9. The molecule has 2 aromatic heterocycles. The van der Waals surface area contributed by atoms with Crippen molar-refractivity contribution in [1.29, 1.82) is 0 Å². The Balaban J connectivity index is 2.39. The lowest BCUT2D eigenvalue weighted by Gasteiger charge is -2.16. The maximum absolute atomic E-state index is 12.9. The summed E-state index contributed by atoms with van der Waals surface area (Å²) in [4.78, 5) is 30.8. The van der Waals surface area contributed by atoms with Crippen LogP contribution in [0.3, 0.4) is 0 Å². The summed E-state index contributed by atoms with van der Waals surface area (Å²) in [5, 5.41) is 9.91. The van der Waals surface area contributed by atoms with Crippen molar-refractivity contribution >= 4 is 27.5 Å². The number of rotatable bonds is 4. The number of aromatic nitrogens is 2. The number of benzene rings is 1. The van der Waals surface area contributed by atoms with Crippen LogP contribution in [-0.4, -0.2) is 20.6 Å². The van der Waals surface area contributed by atoms with Gasteiger partial charge in [0.1, 0.15) is 16.7 Å². The number of carboxylic acid groups (broad SMARTS) is 1. The van der Waals surface area contributed by atoms with Crippen LogP contribution in [0.15, 0.2) is 35.1 Å². The monoisotopic (exact) mass is 342 g/mol. The van der Waals surface area contributed by atoms with Crippen LogP contribution in [0.4, 0.5) is 0 Å². The van der Waals surface area contributed by atoms with Gasteiger partial charge in [-0.05, 0) is 32.4 Å². The number of carboxylic acids is 1. The summed E-state index contributed by atoms with van der Waals surface area (Å²) in [6.45, 7) is 5.47. The smallest absolute Gasteiger partial charge is 0.326 e. The average molecular weight is 342 g/mol. The number of hydrogen-bond donors (Lipinski definition) is 1. The van der Waals surface area contributed by atoms with Gasteiger partial charge in [0, 0.05) is 10.4 Å². The highest BCUT2D eigenvalue weighted by Gasteiger charge is 2.23. The van der Waals surface area contributed by atoms with E-state index in [4.69, 9.17) is 0 Å². The van der Waals surface area contributed by atoms with E-state index in [9.17, 15) is 14.7 Å². The number of hydrogen-bond acceptors (Lipinski definition) is 4. The predicted molar refractivity (Wildman–Crippen MR) is 95.8 cm³/mol. The van der Waals surface area contributed by atoms with Crippen LogP contribution in [0.2, 0.25) is 0 Å². The standard InChI is InChI=1S/C18H18N2O3S/c1-4-13-9-14-16(24-13)19-15(12-7-5-6-10(2)8-12)20(17(14)21)11(3)18(22)23/h5-9,11H,4H2,1-3H3,(H,22,23). The minimum Gasteiger partial charge on any atom is -0.480 e. The molecule has 6 heteroatoms. The van der Waals surface area contributed by atoms with Gasteiger partial charge >= 0.3 is 5.97 Å². The second-order valence-electron chi connectivity index (χ2n) is 5.78. The van der Waals surface area contributed by atoms with Crippen LogP contribution in [0.25, 0.3) is 21.6 Å². The summed E-state index contributed by atoms with van der Waals surface area (Å²) in [7, 11) is 0. The van der Waals surface area contributed by atoms with Gasteiger partial charge in [-0.15, -0.1) is 11.3 Å². The molecular weight excluding hydrogens is 324 g/mol. The first-order valence-corrected chi connectivity index (χ1v) is 8.58. The molecule has 1 unspecified atom stereocenters. The molecule has 0 spiro atoms. The van der Waals surface area contributed by atoms with E-state index >= 15 is 0 Å². The highest BCUT2D eigenvalue weighted by Crippen LogP contribution is 2.27. The molecule has 3 aromatic rings. The van der Waals surface area contributed by atoms with Gasteiger partial charge in [0.15, 0.2) is 0 Å². The lowest BCUT2D eigenvalue weighted by Crippen LogP contribution is -2.30. The van der Waals surface area contributed by atoms with Gasteiger partial charge in [-0.2, -0.15) is 0 Å². The zero-order valence-corrected chi connectivity index (χ0v) is 14.6. The summed E-state index contributed by atoms with van der Waals surface area (Å²) in [5.74, 6) is -0.659. The maximum Gasteiger partial charge on any atom is 0.326 e. The molecule has 0 aliphatic heterocycles. The Morgan fingerprint density at radius 2 is 2.12 bits per heavy atom. The van der Waals surface area contributed by atoms with Crippen LogP contribution >= 0.6 is 11.3 Å².